The molecule has 6 heteroatoms. The third-order valence-electron chi connectivity index (χ3n) is 5.84. The fourth-order valence-electron chi connectivity index (χ4n) is 3.50. The maximum atomic E-state index is 8.54. The van der Waals surface area contributed by atoms with E-state index in [-0.39, 0.29) is 24.4 Å². The third kappa shape index (κ3) is 3.32. The highest BCUT2D eigenvalue weighted by molar-refractivity contribution is 6.62. The Morgan fingerprint density at radius 1 is 1.00 bits per heavy atom. The van der Waals surface area contributed by atoms with Crippen molar-refractivity contribution in [3.8, 4) is 0 Å². The zero-order chi connectivity index (χ0) is 17.4. The molecule has 1 aliphatic carbocycles. The van der Waals surface area contributed by atoms with Gasteiger partial charge in [-0.1, -0.05) is 29.4 Å². The first-order valence-electron chi connectivity index (χ1n) is 8.82. The highest BCUT2D eigenvalue weighted by Crippen LogP contribution is 2.37. The third-order valence-corrected chi connectivity index (χ3v) is 5.84. The van der Waals surface area contributed by atoms with E-state index in [2.05, 4.69) is 62.0 Å². The molecule has 2 aliphatic rings. The van der Waals surface area contributed by atoms with Gasteiger partial charge in [-0.25, -0.2) is 0 Å². The van der Waals surface area contributed by atoms with E-state index in [0.717, 1.165) is 31.1 Å². The summed E-state index contributed by atoms with van der Waals surface area (Å²) in [4.78, 5) is 2.93. The fourth-order valence-corrected chi connectivity index (χ4v) is 3.50. The van der Waals surface area contributed by atoms with Crippen LogP contribution in [0.15, 0.2) is 29.4 Å². The molecule has 0 aromatic heterocycles. The van der Waals surface area contributed by atoms with Gasteiger partial charge in [-0.05, 0) is 75.9 Å². The number of benzene rings is 1. The predicted octanol–water partition coefficient (Wildman–Crippen LogP) is 4.32. The average Bonchev–Trinajstić information content (AvgIpc) is 2.77. The van der Waals surface area contributed by atoms with Crippen LogP contribution >= 0.6 is 0 Å². The molecule has 0 N–H and O–H groups in total. The van der Waals surface area contributed by atoms with Crippen molar-refractivity contribution in [2.75, 3.05) is 0 Å². The van der Waals surface area contributed by atoms with Gasteiger partial charge in [-0.15, -0.1) is 0 Å². The highest BCUT2D eigenvalue weighted by atomic mass is 16.7. The summed E-state index contributed by atoms with van der Waals surface area (Å²) in [7, 11) is -0.301. The van der Waals surface area contributed by atoms with Crippen molar-refractivity contribution in [2.24, 2.45) is 5.11 Å². The molecular weight excluding hydrogens is 301 g/mol. The van der Waals surface area contributed by atoms with Crippen LogP contribution in [-0.2, 0) is 9.31 Å². The lowest BCUT2D eigenvalue weighted by molar-refractivity contribution is 0.00578. The average molecular weight is 327 g/mol. The molecule has 0 amide bonds. The van der Waals surface area contributed by atoms with Gasteiger partial charge in [0.15, 0.2) is 0 Å². The second-order valence-electron chi connectivity index (χ2n) is 7.97. The molecule has 1 aromatic rings. The monoisotopic (exact) mass is 327 g/mol. The van der Waals surface area contributed by atoms with Crippen LogP contribution in [0.25, 0.3) is 10.4 Å². The first-order valence-corrected chi connectivity index (χ1v) is 8.82. The number of hydrogen-bond donors (Lipinski definition) is 0. The van der Waals surface area contributed by atoms with E-state index in [9.17, 15) is 0 Å². The van der Waals surface area contributed by atoms with Crippen LogP contribution in [0, 0.1) is 0 Å². The molecular formula is C18H26BN3O2. The minimum Gasteiger partial charge on any atom is -0.399 e. The lowest BCUT2D eigenvalue weighted by Crippen LogP contribution is -2.41. The van der Waals surface area contributed by atoms with Gasteiger partial charge in [0.2, 0.25) is 0 Å². The molecule has 1 heterocycles. The largest absolute Gasteiger partial charge is 0.494 e. The molecule has 0 radical (unpaired) electrons. The van der Waals surface area contributed by atoms with Crippen LogP contribution < -0.4 is 5.46 Å². The Morgan fingerprint density at radius 3 is 2.04 bits per heavy atom. The smallest absolute Gasteiger partial charge is 0.399 e. The lowest BCUT2D eigenvalue weighted by Gasteiger charge is -2.32. The van der Waals surface area contributed by atoms with Crippen molar-refractivity contribution in [3.63, 3.8) is 0 Å². The van der Waals surface area contributed by atoms with E-state index in [1.54, 1.807) is 0 Å². The normalized spacial score (nSPS) is 28.4. The number of azide groups is 1. The molecule has 2 fully saturated rings. The van der Waals surface area contributed by atoms with Crippen molar-refractivity contribution < 1.29 is 9.31 Å². The summed E-state index contributed by atoms with van der Waals surface area (Å²) in [6.07, 6.45) is 4.13. The molecule has 128 valence electrons. The zero-order valence-electron chi connectivity index (χ0n) is 15.0. The summed E-state index contributed by atoms with van der Waals surface area (Å²) in [6, 6.07) is 8.81. The second kappa shape index (κ2) is 6.43. The van der Waals surface area contributed by atoms with Crippen LogP contribution in [0.2, 0.25) is 0 Å². The maximum Gasteiger partial charge on any atom is 0.494 e. The van der Waals surface area contributed by atoms with E-state index in [0.29, 0.717) is 5.92 Å². The van der Waals surface area contributed by atoms with E-state index < -0.39 is 0 Å². The molecule has 5 nitrogen and oxygen atoms in total. The molecule has 24 heavy (non-hydrogen) atoms. The minimum atomic E-state index is -0.310. The van der Waals surface area contributed by atoms with Crippen molar-refractivity contribution in [3.05, 3.63) is 40.3 Å². The van der Waals surface area contributed by atoms with E-state index in [1.165, 1.54) is 5.56 Å². The molecule has 0 atom stereocenters. The quantitative estimate of drug-likeness (QED) is 0.359. The van der Waals surface area contributed by atoms with Crippen LogP contribution in [0.5, 0.6) is 0 Å². The molecule has 0 unspecified atom stereocenters. The Kier molecular flexibility index (Phi) is 4.65. The second-order valence-corrected chi connectivity index (χ2v) is 7.97. The topological polar surface area (TPSA) is 67.2 Å². The van der Waals surface area contributed by atoms with Crippen LogP contribution in [0.3, 0.4) is 0 Å². The summed E-state index contributed by atoms with van der Waals surface area (Å²) in [6.45, 7) is 8.29. The molecule has 0 spiro atoms. The first-order chi connectivity index (χ1) is 11.3. The first kappa shape index (κ1) is 17.3. The van der Waals surface area contributed by atoms with E-state index in [4.69, 9.17) is 14.8 Å². The number of nitrogens with zero attached hydrogens (tertiary/aromatic N) is 3. The van der Waals surface area contributed by atoms with Gasteiger partial charge in [-0.2, -0.15) is 0 Å². The van der Waals surface area contributed by atoms with Crippen LogP contribution in [0.4, 0.5) is 0 Å². The lowest BCUT2D eigenvalue weighted by atomic mass is 9.76. The van der Waals surface area contributed by atoms with Gasteiger partial charge >= 0.3 is 7.12 Å². The van der Waals surface area contributed by atoms with Crippen molar-refractivity contribution in [2.45, 2.75) is 76.5 Å². The van der Waals surface area contributed by atoms with Crippen LogP contribution in [0.1, 0.15) is 64.9 Å². The summed E-state index contributed by atoms with van der Waals surface area (Å²) < 4.78 is 12.2. The fraction of sp³-hybridized carbons (Fsp3) is 0.667. The van der Waals surface area contributed by atoms with Crippen molar-refractivity contribution in [1.82, 2.24) is 0 Å². The highest BCUT2D eigenvalue weighted by Gasteiger charge is 2.51. The molecule has 1 saturated carbocycles. The number of hydrogen-bond acceptors (Lipinski definition) is 3. The van der Waals surface area contributed by atoms with Gasteiger partial charge in [0.05, 0.1) is 11.2 Å². The molecule has 1 saturated heterocycles. The Hall–Kier alpha value is -1.49. The van der Waals surface area contributed by atoms with Gasteiger partial charge in [0.1, 0.15) is 0 Å². The van der Waals surface area contributed by atoms with Gasteiger partial charge in [0, 0.05) is 11.0 Å². The summed E-state index contributed by atoms with van der Waals surface area (Å²) in [5, 5.41) is 3.85. The summed E-state index contributed by atoms with van der Waals surface area (Å²) >= 11 is 0. The van der Waals surface area contributed by atoms with E-state index in [1.807, 2.05) is 0 Å². The van der Waals surface area contributed by atoms with Gasteiger partial charge in [0.25, 0.3) is 0 Å². The molecule has 0 bridgehead atoms. The Bertz CT molecular complexity index is 614. The predicted molar refractivity (Wildman–Crippen MR) is 96.3 cm³/mol. The van der Waals surface area contributed by atoms with Crippen molar-refractivity contribution >= 4 is 12.6 Å². The molecule has 1 aromatic carbocycles. The maximum absolute atomic E-state index is 8.54. The molecule has 3 rings (SSSR count). The van der Waals surface area contributed by atoms with Gasteiger partial charge in [-0.3, -0.25) is 0 Å². The standard InChI is InChI=1S/C18H26BN3O2/c1-17(2)18(3,4)24-19(23-17)15-9-5-13(6-10-15)14-7-11-16(12-8-14)21-22-20/h5-6,9-10,14,16H,7-8,11-12H2,1-4H3/t14-,16+. The Morgan fingerprint density at radius 2 is 1.54 bits per heavy atom. The Labute approximate surface area is 144 Å². The summed E-state index contributed by atoms with van der Waals surface area (Å²) in [5.41, 5.74) is 10.4. The van der Waals surface area contributed by atoms with Crippen molar-refractivity contribution in [1.29, 1.82) is 0 Å². The molecule has 1 aliphatic heterocycles. The van der Waals surface area contributed by atoms with Gasteiger partial charge < -0.3 is 9.31 Å². The minimum absolute atomic E-state index is 0.176. The Balaban J connectivity index is 1.66. The zero-order valence-corrected chi connectivity index (χ0v) is 15.0. The number of rotatable bonds is 3. The van der Waals surface area contributed by atoms with E-state index >= 15 is 0 Å². The van der Waals surface area contributed by atoms with Crippen LogP contribution in [-0.4, -0.2) is 24.4 Å². The summed E-state index contributed by atoms with van der Waals surface area (Å²) in [5.74, 6) is 0.558. The SMILES string of the molecule is CC1(C)OB(c2ccc([C@H]3CC[C@@H](N=[N+]=[N-])CC3)cc2)OC1(C)C.